The van der Waals surface area contributed by atoms with Crippen LogP contribution in [0.25, 0.3) is 5.70 Å². The number of fused-ring (bicyclic) bond motifs is 1. The van der Waals surface area contributed by atoms with Crippen LogP contribution in [0.1, 0.15) is 37.3 Å². The summed E-state index contributed by atoms with van der Waals surface area (Å²) in [4.78, 5) is 26.1. The van der Waals surface area contributed by atoms with Gasteiger partial charge < -0.3 is 19.1 Å². The number of benzene rings is 1. The number of carbonyl (C=O) groups excluding carboxylic acids is 2. The minimum atomic E-state index is 0.0909. The zero-order valence-electron chi connectivity index (χ0n) is 18.7. The summed E-state index contributed by atoms with van der Waals surface area (Å²) >= 11 is 1.71. The number of nitrogens with zero attached hydrogens (tertiary/aromatic N) is 1. The van der Waals surface area contributed by atoms with Crippen molar-refractivity contribution in [1.82, 2.24) is 4.90 Å². The van der Waals surface area contributed by atoms with Gasteiger partial charge >= 0.3 is 0 Å². The fourth-order valence-electron chi connectivity index (χ4n) is 3.78. The third-order valence-electron chi connectivity index (χ3n) is 5.52. The van der Waals surface area contributed by atoms with Gasteiger partial charge in [-0.2, -0.15) is 0 Å². The summed E-state index contributed by atoms with van der Waals surface area (Å²) in [6.07, 6.45) is 6.08. The number of aldehydes is 2. The average Bonchev–Trinajstić information content (AvgIpc) is 3.61. The Morgan fingerprint density at radius 3 is 2.52 bits per heavy atom. The first-order valence-corrected chi connectivity index (χ1v) is 11.5. The van der Waals surface area contributed by atoms with Gasteiger partial charge in [-0.25, -0.2) is 0 Å². The van der Waals surface area contributed by atoms with Crippen LogP contribution in [0.4, 0.5) is 0 Å². The zero-order valence-corrected chi connectivity index (χ0v) is 19.5. The average molecular weight is 446 g/mol. The van der Waals surface area contributed by atoms with E-state index in [0.717, 1.165) is 52.3 Å². The molecule has 31 heavy (non-hydrogen) atoms. The van der Waals surface area contributed by atoms with E-state index in [1.807, 2.05) is 0 Å². The van der Waals surface area contributed by atoms with Gasteiger partial charge in [0.15, 0.2) is 12.6 Å². The third-order valence-corrected chi connectivity index (χ3v) is 6.72. The lowest BCUT2D eigenvalue weighted by Gasteiger charge is -2.34. The molecule has 168 valence electrons. The molecule has 6 nitrogen and oxygen atoms in total. The maximum Gasteiger partial charge on any atom is 0.153 e. The molecule has 1 heterocycles. The van der Waals surface area contributed by atoms with Gasteiger partial charge in [-0.1, -0.05) is 0 Å². The predicted molar refractivity (Wildman–Crippen MR) is 122 cm³/mol. The van der Waals surface area contributed by atoms with Crippen molar-refractivity contribution in [2.75, 3.05) is 34.5 Å². The lowest BCUT2D eigenvalue weighted by atomic mass is 9.98. The number of carbonyl (C=O) groups is 2. The fraction of sp³-hybridized carbons (Fsp3) is 0.500. The van der Waals surface area contributed by atoms with Gasteiger partial charge in [0.2, 0.25) is 0 Å². The van der Waals surface area contributed by atoms with E-state index in [1.165, 1.54) is 0 Å². The van der Waals surface area contributed by atoms with Crippen LogP contribution in [0.3, 0.4) is 0 Å². The summed E-state index contributed by atoms with van der Waals surface area (Å²) in [7, 11) is 5.46. The maximum atomic E-state index is 11.3. The van der Waals surface area contributed by atoms with Crippen molar-refractivity contribution in [3.8, 4) is 5.75 Å². The van der Waals surface area contributed by atoms with Gasteiger partial charge in [0, 0.05) is 67.3 Å². The second-order valence-corrected chi connectivity index (χ2v) is 9.25. The Bertz CT molecular complexity index is 865. The molecule has 1 atom stereocenters. The summed E-state index contributed by atoms with van der Waals surface area (Å²) in [6, 6.07) is 4.71. The Labute approximate surface area is 188 Å². The van der Waals surface area contributed by atoms with Gasteiger partial charge in [-0.3, -0.25) is 9.59 Å². The third kappa shape index (κ3) is 5.59. The SMILES string of the molecule is COCCCOc1cc2c(cc1COC)C(N(C)C1CC1)=C(C=C(C=O)C=O)C(C)S2. The minimum absolute atomic E-state index is 0.0909. The number of hydrogen-bond donors (Lipinski definition) is 0. The largest absolute Gasteiger partial charge is 0.493 e. The van der Waals surface area contributed by atoms with E-state index in [1.54, 1.807) is 32.1 Å². The second-order valence-electron chi connectivity index (χ2n) is 7.87. The van der Waals surface area contributed by atoms with Crippen LogP contribution in [0.15, 0.2) is 34.3 Å². The molecule has 0 bridgehead atoms. The first-order valence-electron chi connectivity index (χ1n) is 10.6. The van der Waals surface area contributed by atoms with Crippen molar-refractivity contribution < 1.29 is 23.8 Å². The normalized spacial score (nSPS) is 17.7. The topological polar surface area (TPSA) is 65.1 Å². The Kier molecular flexibility index (Phi) is 8.35. The first kappa shape index (κ1) is 23.6. The number of methoxy groups -OCH3 is 2. The van der Waals surface area contributed by atoms with E-state index >= 15 is 0 Å². The Hall–Kier alpha value is -2.09. The van der Waals surface area contributed by atoms with Crippen LogP contribution >= 0.6 is 11.8 Å². The quantitative estimate of drug-likeness (QED) is 0.159. The smallest absolute Gasteiger partial charge is 0.153 e. The van der Waals surface area contributed by atoms with Crippen LogP contribution in [-0.4, -0.2) is 63.2 Å². The molecule has 1 unspecified atom stereocenters. The summed E-state index contributed by atoms with van der Waals surface area (Å²) < 4.78 is 16.6. The molecule has 7 heteroatoms. The van der Waals surface area contributed by atoms with Gasteiger partial charge in [-0.15, -0.1) is 11.8 Å². The summed E-state index contributed by atoms with van der Waals surface area (Å²) in [6.45, 7) is 3.77. The van der Waals surface area contributed by atoms with Gasteiger partial charge in [0.05, 0.1) is 18.8 Å². The molecule has 1 aromatic rings. The number of hydrogen-bond acceptors (Lipinski definition) is 7. The molecular weight excluding hydrogens is 414 g/mol. The number of allylic oxidation sites excluding steroid dienone is 2. The van der Waals surface area contributed by atoms with Crippen LogP contribution in [-0.2, 0) is 25.7 Å². The molecule has 1 aromatic carbocycles. The molecule has 2 aliphatic rings. The van der Waals surface area contributed by atoms with E-state index in [9.17, 15) is 9.59 Å². The van der Waals surface area contributed by atoms with Crippen molar-refractivity contribution in [2.45, 2.75) is 49.0 Å². The number of ether oxygens (including phenoxy) is 3. The molecule has 0 radical (unpaired) electrons. The highest BCUT2D eigenvalue weighted by Gasteiger charge is 2.34. The van der Waals surface area contributed by atoms with E-state index in [-0.39, 0.29) is 10.8 Å². The van der Waals surface area contributed by atoms with Crippen LogP contribution < -0.4 is 4.74 Å². The van der Waals surface area contributed by atoms with Crippen LogP contribution in [0.5, 0.6) is 5.75 Å². The van der Waals surface area contributed by atoms with Crippen LogP contribution in [0.2, 0.25) is 0 Å². The molecule has 1 saturated carbocycles. The van der Waals surface area contributed by atoms with Crippen molar-refractivity contribution in [1.29, 1.82) is 0 Å². The number of thioether (sulfide) groups is 1. The van der Waals surface area contributed by atoms with E-state index in [2.05, 4.69) is 31.0 Å². The van der Waals surface area contributed by atoms with E-state index in [4.69, 9.17) is 14.2 Å². The molecule has 1 aliphatic carbocycles. The highest BCUT2D eigenvalue weighted by molar-refractivity contribution is 8.00. The highest BCUT2D eigenvalue weighted by Crippen LogP contribution is 2.48. The van der Waals surface area contributed by atoms with Gasteiger partial charge in [0.1, 0.15) is 5.75 Å². The molecule has 1 fully saturated rings. The highest BCUT2D eigenvalue weighted by atomic mass is 32.2. The lowest BCUT2D eigenvalue weighted by molar-refractivity contribution is -0.109. The molecule has 1 aliphatic heterocycles. The van der Waals surface area contributed by atoms with Crippen molar-refractivity contribution in [2.24, 2.45) is 0 Å². The molecule has 0 aromatic heterocycles. The summed E-state index contributed by atoms with van der Waals surface area (Å²) in [5.41, 5.74) is 4.30. The van der Waals surface area contributed by atoms with E-state index < -0.39 is 0 Å². The summed E-state index contributed by atoms with van der Waals surface area (Å²) in [5.74, 6) is 0.824. The molecule has 0 spiro atoms. The molecule has 0 N–H and O–H groups in total. The minimum Gasteiger partial charge on any atom is -0.493 e. The van der Waals surface area contributed by atoms with Crippen molar-refractivity contribution >= 4 is 30.0 Å². The van der Waals surface area contributed by atoms with Crippen molar-refractivity contribution in [3.05, 3.63) is 40.5 Å². The second kappa shape index (κ2) is 11.0. The first-order chi connectivity index (χ1) is 15.0. The summed E-state index contributed by atoms with van der Waals surface area (Å²) in [5, 5.41) is 0.0909. The molecule has 0 saturated heterocycles. The Morgan fingerprint density at radius 1 is 1.16 bits per heavy atom. The molecular formula is C24H31NO5S. The van der Waals surface area contributed by atoms with Crippen LogP contribution in [0, 0.1) is 0 Å². The monoisotopic (exact) mass is 445 g/mol. The van der Waals surface area contributed by atoms with Gasteiger partial charge in [-0.05, 0) is 43.5 Å². The van der Waals surface area contributed by atoms with Gasteiger partial charge in [0.25, 0.3) is 0 Å². The lowest BCUT2D eigenvalue weighted by Crippen LogP contribution is -2.25. The Morgan fingerprint density at radius 2 is 1.90 bits per heavy atom. The maximum absolute atomic E-state index is 11.3. The fourth-order valence-corrected chi connectivity index (χ4v) is 4.92. The van der Waals surface area contributed by atoms with E-state index in [0.29, 0.717) is 38.4 Å². The number of rotatable bonds is 12. The Balaban J connectivity index is 2.09. The standard InChI is InChI=1S/C24H31NO5S/c1-16-20(10-17(13-26)14-27)24(25(2)19-6-7-19)21-11-18(15-29-4)22(12-23(21)31-16)30-9-5-8-28-3/h10-14,16,19H,5-9,15H2,1-4H3. The van der Waals surface area contributed by atoms with Crippen molar-refractivity contribution in [3.63, 3.8) is 0 Å². The predicted octanol–water partition coefficient (Wildman–Crippen LogP) is 3.87. The zero-order chi connectivity index (χ0) is 22.4. The molecule has 0 amide bonds. The molecule has 3 rings (SSSR count).